The van der Waals surface area contributed by atoms with Crippen molar-refractivity contribution in [3.05, 3.63) is 30.3 Å². The van der Waals surface area contributed by atoms with E-state index in [1.54, 1.807) is 24.3 Å². The highest BCUT2D eigenvalue weighted by Gasteiger charge is 2.05. The third-order valence-corrected chi connectivity index (χ3v) is 2.05. The van der Waals surface area contributed by atoms with Crippen LogP contribution >= 0.6 is 0 Å². The van der Waals surface area contributed by atoms with Gasteiger partial charge in [-0.05, 0) is 18.2 Å². The van der Waals surface area contributed by atoms with Crippen molar-refractivity contribution in [1.29, 1.82) is 0 Å². The summed E-state index contributed by atoms with van der Waals surface area (Å²) >= 11 is 0. The molecule has 0 aliphatic rings. The summed E-state index contributed by atoms with van der Waals surface area (Å²) in [6, 6.07) is 8.30. The van der Waals surface area contributed by atoms with Gasteiger partial charge < -0.3 is 15.9 Å². The molecule has 0 aliphatic carbocycles. The summed E-state index contributed by atoms with van der Waals surface area (Å²) in [6.45, 7) is 0. The van der Waals surface area contributed by atoms with Gasteiger partial charge in [0.05, 0.1) is 0 Å². The molecule has 0 amide bonds. The number of hydrogen-bond acceptors (Lipinski definition) is 3. The number of anilines is 1. The normalized spacial score (nSPS) is 10.5. The molecule has 0 aromatic heterocycles. The third kappa shape index (κ3) is 1.05. The maximum Gasteiger partial charge on any atom is 0.165 e. The second kappa shape index (κ2) is 2.55. The van der Waals surface area contributed by atoms with E-state index in [9.17, 15) is 10.2 Å². The van der Waals surface area contributed by atoms with E-state index in [1.165, 1.54) is 6.07 Å². The van der Waals surface area contributed by atoms with Gasteiger partial charge in [0.15, 0.2) is 11.5 Å². The van der Waals surface area contributed by atoms with Gasteiger partial charge in [0.1, 0.15) is 0 Å². The fraction of sp³-hybridized carbons (Fsp3) is 0. The highest BCUT2D eigenvalue weighted by molar-refractivity contribution is 5.97. The van der Waals surface area contributed by atoms with Crippen LogP contribution in [0.1, 0.15) is 0 Å². The standard InChI is InChI=1S/C10H9NO2/c11-8-3-1-2-7-6(8)4-5-9(12)10(7)13/h1-5,12-13H,11H2. The zero-order valence-corrected chi connectivity index (χ0v) is 6.86. The molecular weight excluding hydrogens is 166 g/mol. The van der Waals surface area contributed by atoms with Crippen LogP contribution in [0.15, 0.2) is 30.3 Å². The number of fused-ring (bicyclic) bond motifs is 1. The number of phenolic OH excluding ortho intramolecular Hbond substituents is 2. The van der Waals surface area contributed by atoms with Crippen molar-refractivity contribution in [2.45, 2.75) is 0 Å². The van der Waals surface area contributed by atoms with E-state index in [1.807, 2.05) is 0 Å². The molecule has 0 saturated heterocycles. The topological polar surface area (TPSA) is 66.5 Å². The third-order valence-electron chi connectivity index (χ3n) is 2.05. The average Bonchev–Trinajstić information content (AvgIpc) is 2.12. The Kier molecular flexibility index (Phi) is 1.52. The number of aromatic hydroxyl groups is 2. The van der Waals surface area contributed by atoms with E-state index in [0.29, 0.717) is 11.1 Å². The SMILES string of the molecule is Nc1cccc2c(O)c(O)ccc12. The van der Waals surface area contributed by atoms with Gasteiger partial charge in [-0.1, -0.05) is 12.1 Å². The highest BCUT2D eigenvalue weighted by Crippen LogP contribution is 2.35. The first-order chi connectivity index (χ1) is 6.20. The van der Waals surface area contributed by atoms with Crippen molar-refractivity contribution in [3.8, 4) is 11.5 Å². The number of rotatable bonds is 0. The van der Waals surface area contributed by atoms with Gasteiger partial charge in [0.25, 0.3) is 0 Å². The zero-order chi connectivity index (χ0) is 9.42. The van der Waals surface area contributed by atoms with Crippen LogP contribution in [0.25, 0.3) is 10.8 Å². The van der Waals surface area contributed by atoms with Crippen LogP contribution in [-0.4, -0.2) is 10.2 Å². The van der Waals surface area contributed by atoms with Crippen molar-refractivity contribution in [2.75, 3.05) is 5.73 Å². The Bertz CT molecular complexity index is 466. The second-order valence-corrected chi connectivity index (χ2v) is 2.88. The van der Waals surface area contributed by atoms with Gasteiger partial charge in [-0.25, -0.2) is 0 Å². The van der Waals surface area contributed by atoms with Gasteiger partial charge in [0.2, 0.25) is 0 Å². The Hall–Kier alpha value is -1.90. The van der Waals surface area contributed by atoms with Crippen molar-refractivity contribution < 1.29 is 10.2 Å². The lowest BCUT2D eigenvalue weighted by Gasteiger charge is -2.04. The minimum atomic E-state index is -0.127. The Balaban J connectivity index is 2.94. The van der Waals surface area contributed by atoms with Gasteiger partial charge in [-0.3, -0.25) is 0 Å². The van der Waals surface area contributed by atoms with E-state index in [0.717, 1.165) is 5.39 Å². The van der Waals surface area contributed by atoms with E-state index in [2.05, 4.69) is 0 Å². The summed E-state index contributed by atoms with van der Waals surface area (Å²) in [5, 5.41) is 20.0. The lowest BCUT2D eigenvalue weighted by Crippen LogP contribution is -1.86. The first-order valence-corrected chi connectivity index (χ1v) is 3.89. The molecule has 2 aromatic rings. The second-order valence-electron chi connectivity index (χ2n) is 2.88. The molecule has 0 atom stereocenters. The number of nitrogens with two attached hydrogens (primary N) is 1. The van der Waals surface area contributed by atoms with Crippen molar-refractivity contribution in [2.24, 2.45) is 0 Å². The Labute approximate surface area is 75.0 Å². The van der Waals surface area contributed by atoms with Gasteiger partial charge >= 0.3 is 0 Å². The largest absolute Gasteiger partial charge is 0.504 e. The summed E-state index contributed by atoms with van der Waals surface area (Å²) in [5.74, 6) is -0.247. The Morgan fingerprint density at radius 3 is 2.46 bits per heavy atom. The highest BCUT2D eigenvalue weighted by atomic mass is 16.3. The quantitative estimate of drug-likeness (QED) is 0.422. The number of phenols is 2. The maximum absolute atomic E-state index is 9.48. The van der Waals surface area contributed by atoms with E-state index < -0.39 is 0 Å². The summed E-state index contributed by atoms with van der Waals surface area (Å²) in [7, 11) is 0. The fourth-order valence-electron chi connectivity index (χ4n) is 1.35. The molecule has 0 fully saturated rings. The molecule has 66 valence electrons. The molecule has 3 nitrogen and oxygen atoms in total. The van der Waals surface area contributed by atoms with Crippen LogP contribution in [0.2, 0.25) is 0 Å². The number of hydrogen-bond donors (Lipinski definition) is 3. The van der Waals surface area contributed by atoms with Gasteiger partial charge in [-0.15, -0.1) is 0 Å². The molecule has 0 bridgehead atoms. The minimum Gasteiger partial charge on any atom is -0.504 e. The summed E-state index contributed by atoms with van der Waals surface area (Å²) in [4.78, 5) is 0. The van der Waals surface area contributed by atoms with Crippen LogP contribution in [0.3, 0.4) is 0 Å². The van der Waals surface area contributed by atoms with Crippen LogP contribution in [-0.2, 0) is 0 Å². The molecule has 0 spiro atoms. The summed E-state index contributed by atoms with van der Waals surface area (Å²) < 4.78 is 0. The molecular formula is C10H9NO2. The molecule has 0 heterocycles. The monoisotopic (exact) mass is 175 g/mol. The minimum absolute atomic E-state index is 0.121. The molecule has 0 unspecified atom stereocenters. The van der Waals surface area contributed by atoms with E-state index >= 15 is 0 Å². The first-order valence-electron chi connectivity index (χ1n) is 3.89. The molecule has 4 N–H and O–H groups in total. The molecule has 3 heteroatoms. The molecule has 2 rings (SSSR count). The molecule has 13 heavy (non-hydrogen) atoms. The molecule has 2 aromatic carbocycles. The number of nitrogen functional groups attached to an aromatic ring is 1. The zero-order valence-electron chi connectivity index (χ0n) is 6.86. The fourth-order valence-corrected chi connectivity index (χ4v) is 1.35. The van der Waals surface area contributed by atoms with E-state index in [-0.39, 0.29) is 11.5 Å². The van der Waals surface area contributed by atoms with Crippen LogP contribution in [0.4, 0.5) is 5.69 Å². The smallest absolute Gasteiger partial charge is 0.165 e. The Morgan fingerprint density at radius 1 is 0.923 bits per heavy atom. The summed E-state index contributed by atoms with van der Waals surface area (Å²) in [5.41, 5.74) is 6.27. The molecule has 0 radical (unpaired) electrons. The van der Waals surface area contributed by atoms with Crippen molar-refractivity contribution >= 4 is 16.5 Å². The number of benzene rings is 2. The lowest BCUT2D eigenvalue weighted by molar-refractivity contribution is 0.408. The van der Waals surface area contributed by atoms with Crippen LogP contribution in [0.5, 0.6) is 11.5 Å². The Morgan fingerprint density at radius 2 is 1.69 bits per heavy atom. The van der Waals surface area contributed by atoms with Crippen molar-refractivity contribution in [3.63, 3.8) is 0 Å². The van der Waals surface area contributed by atoms with Crippen LogP contribution in [0, 0.1) is 0 Å². The van der Waals surface area contributed by atoms with E-state index in [4.69, 9.17) is 5.73 Å². The molecule has 0 saturated carbocycles. The molecule has 0 aliphatic heterocycles. The predicted molar refractivity (Wildman–Crippen MR) is 51.7 cm³/mol. The van der Waals surface area contributed by atoms with Gasteiger partial charge in [-0.2, -0.15) is 0 Å². The summed E-state index contributed by atoms with van der Waals surface area (Å²) in [6.07, 6.45) is 0. The first kappa shape index (κ1) is 7.73. The van der Waals surface area contributed by atoms with Crippen molar-refractivity contribution in [1.82, 2.24) is 0 Å². The van der Waals surface area contributed by atoms with Gasteiger partial charge in [0, 0.05) is 16.5 Å². The lowest BCUT2D eigenvalue weighted by atomic mass is 10.1. The maximum atomic E-state index is 9.48. The average molecular weight is 175 g/mol. The predicted octanol–water partition coefficient (Wildman–Crippen LogP) is 1.83. The van der Waals surface area contributed by atoms with Crippen LogP contribution < -0.4 is 5.73 Å².